The molecule has 0 spiro atoms. The molecule has 2 heterocycles. The van der Waals surface area contributed by atoms with Crippen LogP contribution in [0.4, 0.5) is 11.5 Å². The molecule has 82 valence electrons. The van der Waals surface area contributed by atoms with Crippen LogP contribution in [0.3, 0.4) is 0 Å². The second-order valence-electron chi connectivity index (χ2n) is 3.52. The quantitative estimate of drug-likeness (QED) is 0.791. The van der Waals surface area contributed by atoms with E-state index >= 15 is 0 Å². The highest BCUT2D eigenvalue weighted by Gasteiger charge is 2.13. The molecule has 0 saturated carbocycles. The molecule has 1 saturated heterocycles. The molecule has 1 aliphatic rings. The van der Waals surface area contributed by atoms with Crippen LogP contribution < -0.4 is 10.6 Å². The van der Waals surface area contributed by atoms with Gasteiger partial charge >= 0.3 is 0 Å². The first-order valence-electron chi connectivity index (χ1n) is 5.01. The van der Waals surface area contributed by atoms with Crippen LogP contribution >= 0.6 is 11.6 Å². The predicted molar refractivity (Wildman–Crippen MR) is 61.3 cm³/mol. The Hall–Kier alpha value is -1.00. The number of nitrogens with zero attached hydrogens (tertiary/aromatic N) is 2. The summed E-state index contributed by atoms with van der Waals surface area (Å²) in [4.78, 5) is 6.39. The number of rotatable bonds is 1. The zero-order valence-corrected chi connectivity index (χ0v) is 9.20. The third-order valence-electron chi connectivity index (χ3n) is 2.38. The summed E-state index contributed by atoms with van der Waals surface area (Å²) in [5.41, 5.74) is 6.50. The Bertz CT molecular complexity index is 337. The molecule has 0 aliphatic carbocycles. The lowest BCUT2D eigenvalue weighted by Crippen LogP contribution is -2.27. The van der Waals surface area contributed by atoms with E-state index in [0.717, 1.165) is 38.5 Å². The van der Waals surface area contributed by atoms with Crippen LogP contribution in [0.1, 0.15) is 6.42 Å². The largest absolute Gasteiger partial charge is 0.396 e. The first-order valence-corrected chi connectivity index (χ1v) is 5.39. The monoisotopic (exact) mass is 227 g/mol. The molecule has 0 radical (unpaired) electrons. The van der Waals surface area contributed by atoms with Crippen LogP contribution in [0.25, 0.3) is 0 Å². The van der Waals surface area contributed by atoms with Gasteiger partial charge in [0.2, 0.25) is 0 Å². The maximum absolute atomic E-state index is 5.87. The van der Waals surface area contributed by atoms with Crippen molar-refractivity contribution < 1.29 is 4.74 Å². The molecule has 1 aromatic heterocycles. The molecule has 4 nitrogen and oxygen atoms in total. The van der Waals surface area contributed by atoms with E-state index < -0.39 is 0 Å². The Kier molecular flexibility index (Phi) is 3.28. The SMILES string of the molecule is Nc1cc(Cl)cnc1N1CCCOCC1. The number of nitrogens with two attached hydrogens (primary N) is 1. The fourth-order valence-electron chi connectivity index (χ4n) is 1.67. The number of aromatic nitrogens is 1. The van der Waals surface area contributed by atoms with Crippen molar-refractivity contribution >= 4 is 23.1 Å². The zero-order chi connectivity index (χ0) is 10.7. The van der Waals surface area contributed by atoms with Crippen LogP contribution in [-0.4, -0.2) is 31.3 Å². The average molecular weight is 228 g/mol. The van der Waals surface area contributed by atoms with Gasteiger partial charge in [-0.3, -0.25) is 0 Å². The van der Waals surface area contributed by atoms with Crippen molar-refractivity contribution in [1.82, 2.24) is 4.98 Å². The van der Waals surface area contributed by atoms with Crippen LogP contribution in [0.5, 0.6) is 0 Å². The van der Waals surface area contributed by atoms with Gasteiger partial charge in [0.25, 0.3) is 0 Å². The lowest BCUT2D eigenvalue weighted by molar-refractivity contribution is 0.152. The highest BCUT2D eigenvalue weighted by Crippen LogP contribution is 2.23. The van der Waals surface area contributed by atoms with E-state index in [1.807, 2.05) is 0 Å². The fraction of sp³-hybridized carbons (Fsp3) is 0.500. The minimum Gasteiger partial charge on any atom is -0.396 e. The molecule has 15 heavy (non-hydrogen) atoms. The first-order chi connectivity index (χ1) is 7.27. The van der Waals surface area contributed by atoms with E-state index in [0.29, 0.717) is 10.7 Å². The third-order valence-corrected chi connectivity index (χ3v) is 2.59. The van der Waals surface area contributed by atoms with Crippen molar-refractivity contribution in [2.24, 2.45) is 0 Å². The average Bonchev–Trinajstić information content (AvgIpc) is 2.46. The van der Waals surface area contributed by atoms with Crippen LogP contribution in [0.2, 0.25) is 5.02 Å². The van der Waals surface area contributed by atoms with Crippen molar-refractivity contribution in [3.05, 3.63) is 17.3 Å². The summed E-state index contributed by atoms with van der Waals surface area (Å²) in [6.45, 7) is 3.30. The van der Waals surface area contributed by atoms with Crippen LogP contribution in [0.15, 0.2) is 12.3 Å². The molecular formula is C10H14ClN3O. The van der Waals surface area contributed by atoms with Gasteiger partial charge in [0.05, 0.1) is 17.3 Å². The molecule has 0 amide bonds. The topological polar surface area (TPSA) is 51.4 Å². The highest BCUT2D eigenvalue weighted by atomic mass is 35.5. The molecular weight excluding hydrogens is 214 g/mol. The second kappa shape index (κ2) is 4.68. The van der Waals surface area contributed by atoms with Gasteiger partial charge in [-0.25, -0.2) is 4.98 Å². The van der Waals surface area contributed by atoms with E-state index in [1.165, 1.54) is 0 Å². The smallest absolute Gasteiger partial charge is 0.151 e. The summed E-state index contributed by atoms with van der Waals surface area (Å²) < 4.78 is 5.37. The summed E-state index contributed by atoms with van der Waals surface area (Å²) in [7, 11) is 0. The fourth-order valence-corrected chi connectivity index (χ4v) is 1.84. The van der Waals surface area contributed by atoms with Crippen molar-refractivity contribution in [1.29, 1.82) is 0 Å². The molecule has 0 unspecified atom stereocenters. The summed E-state index contributed by atoms with van der Waals surface area (Å²) >= 11 is 5.80. The lowest BCUT2D eigenvalue weighted by atomic mass is 10.3. The van der Waals surface area contributed by atoms with E-state index in [1.54, 1.807) is 12.3 Å². The van der Waals surface area contributed by atoms with Crippen LogP contribution in [-0.2, 0) is 4.74 Å². The van der Waals surface area contributed by atoms with E-state index in [4.69, 9.17) is 22.1 Å². The van der Waals surface area contributed by atoms with E-state index in [-0.39, 0.29) is 0 Å². The maximum Gasteiger partial charge on any atom is 0.151 e. The van der Waals surface area contributed by atoms with Gasteiger partial charge in [-0.05, 0) is 12.5 Å². The number of hydrogen-bond donors (Lipinski definition) is 1. The minimum atomic E-state index is 0.572. The Morgan fingerprint density at radius 1 is 1.40 bits per heavy atom. The molecule has 0 atom stereocenters. The van der Waals surface area contributed by atoms with Crippen molar-refractivity contribution in [2.75, 3.05) is 36.9 Å². The zero-order valence-electron chi connectivity index (χ0n) is 8.45. The molecule has 2 N–H and O–H groups in total. The summed E-state index contributed by atoms with van der Waals surface area (Å²) in [6, 6.07) is 1.73. The number of ether oxygens (including phenoxy) is 1. The third kappa shape index (κ3) is 2.52. The van der Waals surface area contributed by atoms with Gasteiger partial charge in [0, 0.05) is 25.9 Å². The molecule has 1 aliphatic heterocycles. The Balaban J connectivity index is 2.19. The van der Waals surface area contributed by atoms with Crippen molar-refractivity contribution in [3.8, 4) is 0 Å². The molecule has 1 fully saturated rings. The van der Waals surface area contributed by atoms with Gasteiger partial charge in [-0.15, -0.1) is 0 Å². The summed E-state index contributed by atoms with van der Waals surface area (Å²) in [6.07, 6.45) is 2.63. The molecule has 5 heteroatoms. The number of halogens is 1. The van der Waals surface area contributed by atoms with Crippen molar-refractivity contribution in [3.63, 3.8) is 0 Å². The number of pyridine rings is 1. The molecule has 0 aromatic carbocycles. The Labute approximate surface area is 94.0 Å². The Morgan fingerprint density at radius 3 is 3.07 bits per heavy atom. The summed E-state index contributed by atoms with van der Waals surface area (Å²) in [5.74, 6) is 0.810. The van der Waals surface area contributed by atoms with Gasteiger partial charge in [-0.1, -0.05) is 11.6 Å². The number of anilines is 2. The maximum atomic E-state index is 5.87. The van der Waals surface area contributed by atoms with Crippen LogP contribution in [0, 0.1) is 0 Å². The Morgan fingerprint density at radius 2 is 2.27 bits per heavy atom. The summed E-state index contributed by atoms with van der Waals surface area (Å²) in [5, 5.41) is 0.572. The predicted octanol–water partition coefficient (Wildman–Crippen LogP) is 1.54. The van der Waals surface area contributed by atoms with Gasteiger partial charge in [0.15, 0.2) is 5.82 Å². The molecule has 1 aromatic rings. The highest BCUT2D eigenvalue weighted by molar-refractivity contribution is 6.30. The van der Waals surface area contributed by atoms with E-state index in [9.17, 15) is 0 Å². The van der Waals surface area contributed by atoms with Gasteiger partial charge in [-0.2, -0.15) is 0 Å². The normalized spacial score (nSPS) is 17.5. The van der Waals surface area contributed by atoms with Crippen molar-refractivity contribution in [2.45, 2.75) is 6.42 Å². The van der Waals surface area contributed by atoms with Gasteiger partial charge < -0.3 is 15.4 Å². The van der Waals surface area contributed by atoms with Gasteiger partial charge in [0.1, 0.15) is 0 Å². The molecule has 2 rings (SSSR count). The van der Waals surface area contributed by atoms with E-state index in [2.05, 4.69) is 9.88 Å². The molecule has 0 bridgehead atoms. The lowest BCUT2D eigenvalue weighted by Gasteiger charge is -2.22. The number of hydrogen-bond acceptors (Lipinski definition) is 4. The first kappa shape index (κ1) is 10.5. The minimum absolute atomic E-state index is 0.572. The standard InChI is InChI=1S/C10H14ClN3O/c11-8-6-9(12)10(13-7-8)14-2-1-4-15-5-3-14/h6-7H,1-5,12H2. The number of nitrogen functional groups attached to an aromatic ring is 1. The second-order valence-corrected chi connectivity index (χ2v) is 3.96.